The summed E-state index contributed by atoms with van der Waals surface area (Å²) in [7, 11) is 0. The molecule has 5 heteroatoms. The number of unbranched alkanes of at least 4 members (excludes halogenated alkanes) is 2. The van der Waals surface area contributed by atoms with Crippen LogP contribution in [0, 0.1) is 11.6 Å². The Bertz CT molecular complexity index is 784. The second kappa shape index (κ2) is 11.4. The molecule has 1 aliphatic heterocycles. The van der Waals surface area contributed by atoms with Crippen LogP contribution in [0.4, 0.5) is 8.78 Å². The summed E-state index contributed by atoms with van der Waals surface area (Å²) in [6, 6.07) is 11.6. The lowest BCUT2D eigenvalue weighted by atomic mass is 9.92. The van der Waals surface area contributed by atoms with Crippen molar-refractivity contribution in [2.45, 2.75) is 71.2 Å². The van der Waals surface area contributed by atoms with Crippen LogP contribution in [0.1, 0.15) is 68.6 Å². The minimum atomic E-state index is -0.925. The molecule has 0 aliphatic carbocycles. The first kappa shape index (κ1) is 22.7. The Hall–Kier alpha value is -1.98. The molecule has 0 spiro atoms. The van der Waals surface area contributed by atoms with Crippen LogP contribution < -0.4 is 4.74 Å². The zero-order valence-corrected chi connectivity index (χ0v) is 18.0. The maximum Gasteiger partial charge on any atom is 0.200 e. The van der Waals surface area contributed by atoms with Gasteiger partial charge in [-0.25, -0.2) is 4.39 Å². The third-order valence-electron chi connectivity index (χ3n) is 5.58. The van der Waals surface area contributed by atoms with Gasteiger partial charge in [-0.1, -0.05) is 50.1 Å². The zero-order valence-electron chi connectivity index (χ0n) is 18.0. The molecular formula is C25H32F2O3. The molecule has 1 aliphatic rings. The highest BCUT2D eigenvalue weighted by Gasteiger charge is 2.27. The van der Waals surface area contributed by atoms with Crippen molar-refractivity contribution in [1.82, 2.24) is 0 Å². The summed E-state index contributed by atoms with van der Waals surface area (Å²) < 4.78 is 45.4. The van der Waals surface area contributed by atoms with Crippen LogP contribution in [0.2, 0.25) is 0 Å². The number of hydrogen-bond acceptors (Lipinski definition) is 3. The number of halogens is 2. The summed E-state index contributed by atoms with van der Waals surface area (Å²) >= 11 is 0. The van der Waals surface area contributed by atoms with Gasteiger partial charge in [0, 0.05) is 5.92 Å². The van der Waals surface area contributed by atoms with Gasteiger partial charge in [0.1, 0.15) is 0 Å². The minimum Gasteiger partial charge on any atom is -0.491 e. The van der Waals surface area contributed by atoms with Gasteiger partial charge in [-0.15, -0.1) is 0 Å². The van der Waals surface area contributed by atoms with E-state index in [1.807, 2.05) is 0 Å². The topological polar surface area (TPSA) is 27.7 Å². The lowest BCUT2D eigenvalue weighted by Gasteiger charge is -2.29. The van der Waals surface area contributed by atoms with Crippen LogP contribution in [-0.2, 0) is 22.5 Å². The van der Waals surface area contributed by atoms with Gasteiger partial charge in [0.25, 0.3) is 0 Å². The fourth-order valence-corrected chi connectivity index (χ4v) is 3.80. The second-order valence-electron chi connectivity index (χ2n) is 7.84. The number of aryl methyl sites for hydroxylation is 1. The molecule has 0 aromatic heterocycles. The first-order valence-corrected chi connectivity index (χ1v) is 11.0. The standard InChI is InChI=1S/C25H32F2O3/c1-3-5-6-7-18-8-10-19(11-9-18)16-29-23-15-12-20(17-30-23)21-13-14-22(28-4-2)25(27)24(21)26/h8-11,13-14,20,23H,3-7,12,15-17H2,1-2H3. The van der Waals surface area contributed by atoms with Gasteiger partial charge >= 0.3 is 0 Å². The third-order valence-corrected chi connectivity index (χ3v) is 5.58. The molecule has 0 N–H and O–H groups in total. The monoisotopic (exact) mass is 418 g/mol. The Morgan fingerprint density at radius 2 is 1.70 bits per heavy atom. The highest BCUT2D eigenvalue weighted by atomic mass is 19.2. The van der Waals surface area contributed by atoms with Crippen molar-refractivity contribution in [2.75, 3.05) is 13.2 Å². The molecule has 0 amide bonds. The van der Waals surface area contributed by atoms with Crippen molar-refractivity contribution in [3.8, 4) is 5.75 Å². The van der Waals surface area contributed by atoms with Crippen molar-refractivity contribution in [1.29, 1.82) is 0 Å². The average molecular weight is 419 g/mol. The van der Waals surface area contributed by atoms with E-state index in [4.69, 9.17) is 14.2 Å². The van der Waals surface area contributed by atoms with Gasteiger partial charge in [-0.3, -0.25) is 0 Å². The molecule has 1 heterocycles. The fourth-order valence-electron chi connectivity index (χ4n) is 3.80. The summed E-state index contributed by atoms with van der Waals surface area (Å²) in [5, 5.41) is 0. The molecule has 30 heavy (non-hydrogen) atoms. The molecule has 0 bridgehead atoms. The molecule has 2 aromatic carbocycles. The van der Waals surface area contributed by atoms with Crippen molar-refractivity contribution in [3.63, 3.8) is 0 Å². The molecule has 2 unspecified atom stereocenters. The average Bonchev–Trinajstić information content (AvgIpc) is 2.77. The Morgan fingerprint density at radius 1 is 0.933 bits per heavy atom. The molecule has 0 saturated carbocycles. The van der Waals surface area contributed by atoms with E-state index in [2.05, 4.69) is 31.2 Å². The summed E-state index contributed by atoms with van der Waals surface area (Å²) in [5.74, 6) is -2.00. The molecule has 3 rings (SSSR count). The third kappa shape index (κ3) is 6.02. The molecule has 0 radical (unpaired) electrons. The summed E-state index contributed by atoms with van der Waals surface area (Å²) in [6.07, 6.45) is 5.85. The molecule has 3 nitrogen and oxygen atoms in total. The minimum absolute atomic E-state index is 0.0481. The van der Waals surface area contributed by atoms with Crippen molar-refractivity contribution >= 4 is 0 Å². The van der Waals surface area contributed by atoms with Crippen LogP contribution in [0.25, 0.3) is 0 Å². The fraction of sp³-hybridized carbons (Fsp3) is 0.520. The Morgan fingerprint density at radius 3 is 2.37 bits per heavy atom. The highest BCUT2D eigenvalue weighted by Crippen LogP contribution is 2.33. The highest BCUT2D eigenvalue weighted by molar-refractivity contribution is 5.33. The van der Waals surface area contributed by atoms with Crippen LogP contribution in [0.3, 0.4) is 0 Å². The quantitative estimate of drug-likeness (QED) is 0.410. The largest absolute Gasteiger partial charge is 0.491 e. The molecular weight excluding hydrogens is 386 g/mol. The first-order valence-electron chi connectivity index (χ1n) is 11.0. The van der Waals surface area contributed by atoms with Crippen molar-refractivity contribution in [2.24, 2.45) is 0 Å². The van der Waals surface area contributed by atoms with E-state index in [1.54, 1.807) is 13.0 Å². The van der Waals surface area contributed by atoms with Gasteiger partial charge in [-0.05, 0) is 55.4 Å². The van der Waals surface area contributed by atoms with E-state index < -0.39 is 11.6 Å². The molecule has 1 saturated heterocycles. The van der Waals surface area contributed by atoms with Crippen LogP contribution in [-0.4, -0.2) is 19.5 Å². The summed E-state index contributed by atoms with van der Waals surface area (Å²) in [4.78, 5) is 0. The number of hydrogen-bond donors (Lipinski definition) is 0. The number of rotatable bonds is 10. The normalized spacial score (nSPS) is 19.1. The van der Waals surface area contributed by atoms with Crippen LogP contribution in [0.15, 0.2) is 36.4 Å². The maximum absolute atomic E-state index is 14.4. The predicted molar refractivity (Wildman–Crippen MR) is 114 cm³/mol. The summed E-state index contributed by atoms with van der Waals surface area (Å²) in [6.45, 7) is 5.04. The number of benzene rings is 2. The predicted octanol–water partition coefficient (Wildman–Crippen LogP) is 6.53. The molecule has 1 fully saturated rings. The van der Waals surface area contributed by atoms with E-state index in [1.165, 1.54) is 30.9 Å². The molecule has 2 aromatic rings. The SMILES string of the molecule is CCCCCc1ccc(COC2CCC(c3ccc(OCC)c(F)c3F)CO2)cc1. The zero-order chi connectivity index (χ0) is 21.3. The second-order valence-corrected chi connectivity index (χ2v) is 7.84. The summed E-state index contributed by atoms with van der Waals surface area (Å²) in [5.41, 5.74) is 2.81. The number of ether oxygens (including phenoxy) is 3. The molecule has 2 atom stereocenters. The van der Waals surface area contributed by atoms with E-state index in [9.17, 15) is 8.78 Å². The van der Waals surface area contributed by atoms with Crippen molar-refractivity contribution < 1.29 is 23.0 Å². The molecule has 164 valence electrons. The van der Waals surface area contributed by atoms with E-state index >= 15 is 0 Å². The van der Waals surface area contributed by atoms with Gasteiger partial charge in [0.05, 0.1) is 19.8 Å². The maximum atomic E-state index is 14.4. The van der Waals surface area contributed by atoms with Gasteiger partial charge in [0.2, 0.25) is 5.82 Å². The Balaban J connectivity index is 1.46. The van der Waals surface area contributed by atoms with Crippen LogP contribution >= 0.6 is 0 Å². The van der Waals surface area contributed by atoms with E-state index in [-0.39, 0.29) is 18.0 Å². The van der Waals surface area contributed by atoms with Gasteiger partial charge in [0.15, 0.2) is 17.9 Å². The lowest BCUT2D eigenvalue weighted by Crippen LogP contribution is -2.27. The first-order chi connectivity index (χ1) is 14.6. The van der Waals surface area contributed by atoms with Crippen molar-refractivity contribution in [3.05, 3.63) is 64.7 Å². The van der Waals surface area contributed by atoms with Gasteiger partial charge < -0.3 is 14.2 Å². The van der Waals surface area contributed by atoms with Crippen LogP contribution in [0.5, 0.6) is 5.75 Å². The lowest BCUT2D eigenvalue weighted by molar-refractivity contribution is -0.173. The van der Waals surface area contributed by atoms with E-state index in [0.717, 1.165) is 12.0 Å². The van der Waals surface area contributed by atoms with E-state index in [0.29, 0.717) is 38.2 Å². The van der Waals surface area contributed by atoms with Gasteiger partial charge in [-0.2, -0.15) is 4.39 Å². The smallest absolute Gasteiger partial charge is 0.200 e. The Kier molecular flexibility index (Phi) is 8.64. The Labute approximate surface area is 178 Å².